The molecule has 3 aliphatic carbocycles. The zero-order chi connectivity index (χ0) is 28.9. The summed E-state index contributed by atoms with van der Waals surface area (Å²) in [6.07, 6.45) is 7.55. The van der Waals surface area contributed by atoms with Gasteiger partial charge in [-0.3, -0.25) is 19.2 Å². The van der Waals surface area contributed by atoms with Crippen LogP contribution in [0.3, 0.4) is 0 Å². The summed E-state index contributed by atoms with van der Waals surface area (Å²) in [6.45, 7) is 10.3. The van der Waals surface area contributed by atoms with Gasteiger partial charge in [0.2, 0.25) is 17.6 Å². The molecule has 39 heavy (non-hydrogen) atoms. The highest BCUT2D eigenvalue weighted by atomic mass is 16.2. The van der Waals surface area contributed by atoms with Gasteiger partial charge in [-0.25, -0.2) is 4.79 Å². The van der Waals surface area contributed by atoms with Crippen LogP contribution >= 0.6 is 0 Å². The van der Waals surface area contributed by atoms with Gasteiger partial charge in [-0.1, -0.05) is 66.7 Å². The van der Waals surface area contributed by atoms with Gasteiger partial charge < -0.3 is 26.2 Å². The Balaban J connectivity index is 1.52. The first-order valence-electron chi connectivity index (χ1n) is 14.6. The lowest BCUT2D eigenvalue weighted by Crippen LogP contribution is -2.61. The van der Waals surface area contributed by atoms with Crippen molar-refractivity contribution in [2.45, 2.75) is 110 Å². The Bertz CT molecular complexity index is 1010. The minimum absolute atomic E-state index is 0.0621. The molecule has 0 aromatic carbocycles. The molecule has 10 nitrogen and oxygen atoms in total. The Kier molecular flexibility index (Phi) is 8.07. The minimum atomic E-state index is -1.07. The maximum Gasteiger partial charge on any atom is 0.318 e. The fourth-order valence-corrected chi connectivity index (χ4v) is 6.83. The lowest BCUT2D eigenvalue weighted by Gasteiger charge is -2.39. The largest absolute Gasteiger partial charge is 0.363 e. The molecule has 4 rings (SSSR count). The Morgan fingerprint density at radius 2 is 1.62 bits per heavy atom. The number of nitrogens with zero attached hydrogens (tertiary/aromatic N) is 2. The summed E-state index contributed by atoms with van der Waals surface area (Å²) in [5, 5.41) is 5.79. The van der Waals surface area contributed by atoms with E-state index in [1.165, 1.54) is 6.42 Å². The van der Waals surface area contributed by atoms with E-state index in [2.05, 4.69) is 24.5 Å². The van der Waals surface area contributed by atoms with Crippen LogP contribution in [-0.4, -0.2) is 77.1 Å². The third-order valence-electron chi connectivity index (χ3n) is 9.73. The molecule has 0 spiro atoms. The fourth-order valence-electron chi connectivity index (χ4n) is 6.83. The third kappa shape index (κ3) is 6.09. The van der Waals surface area contributed by atoms with E-state index in [0.29, 0.717) is 13.0 Å². The molecule has 3 saturated carbocycles. The SMILES string of the molecule is CN(C(=O)NC(C(=O)N1CC2[C@@H]([C@H]1C(=O)NC(CC1CC1)C(=O)C(N)=O)C2(C)C)C(C)(C)C)C1CCCCC1. The van der Waals surface area contributed by atoms with E-state index < -0.39 is 41.1 Å². The van der Waals surface area contributed by atoms with E-state index >= 15 is 0 Å². The summed E-state index contributed by atoms with van der Waals surface area (Å²) in [7, 11) is 1.79. The Morgan fingerprint density at radius 3 is 2.15 bits per heavy atom. The first-order valence-corrected chi connectivity index (χ1v) is 14.6. The van der Waals surface area contributed by atoms with E-state index in [4.69, 9.17) is 5.73 Å². The number of primary amides is 1. The van der Waals surface area contributed by atoms with Crippen molar-refractivity contribution in [3.05, 3.63) is 0 Å². The van der Waals surface area contributed by atoms with Crippen molar-refractivity contribution < 1.29 is 24.0 Å². The molecular weight excluding hydrogens is 498 g/mol. The van der Waals surface area contributed by atoms with Crippen LogP contribution in [0.15, 0.2) is 0 Å². The van der Waals surface area contributed by atoms with Crippen LogP contribution in [0.1, 0.15) is 86.0 Å². The number of hydrogen-bond donors (Lipinski definition) is 3. The topological polar surface area (TPSA) is 142 Å². The summed E-state index contributed by atoms with van der Waals surface area (Å²) in [5.41, 5.74) is 4.56. The highest BCUT2D eigenvalue weighted by Gasteiger charge is 2.70. The molecule has 4 fully saturated rings. The molecule has 1 aliphatic heterocycles. The van der Waals surface area contributed by atoms with Crippen molar-refractivity contribution in [2.75, 3.05) is 13.6 Å². The highest BCUT2D eigenvalue weighted by Crippen LogP contribution is 2.65. The zero-order valence-corrected chi connectivity index (χ0v) is 24.4. The first-order chi connectivity index (χ1) is 18.1. The molecule has 0 radical (unpaired) electrons. The monoisotopic (exact) mass is 545 g/mol. The number of piperidine rings is 1. The molecule has 3 unspecified atom stereocenters. The smallest absolute Gasteiger partial charge is 0.318 e. The molecule has 4 aliphatic rings. The molecule has 1 saturated heterocycles. The molecule has 5 amide bonds. The van der Waals surface area contributed by atoms with E-state index in [9.17, 15) is 24.0 Å². The van der Waals surface area contributed by atoms with Gasteiger partial charge in [0, 0.05) is 19.6 Å². The van der Waals surface area contributed by atoms with Crippen molar-refractivity contribution in [1.29, 1.82) is 0 Å². The predicted molar refractivity (Wildman–Crippen MR) is 146 cm³/mol. The maximum atomic E-state index is 14.1. The van der Waals surface area contributed by atoms with E-state index in [0.717, 1.165) is 38.5 Å². The molecule has 5 atom stereocenters. The second-order valence-corrected chi connectivity index (χ2v) is 14.0. The second kappa shape index (κ2) is 10.7. The third-order valence-corrected chi connectivity index (χ3v) is 9.73. The maximum absolute atomic E-state index is 14.1. The van der Waals surface area contributed by atoms with Gasteiger partial charge in [-0.05, 0) is 47.8 Å². The quantitative estimate of drug-likeness (QED) is 0.381. The lowest BCUT2D eigenvalue weighted by molar-refractivity contribution is -0.145. The number of carbonyl (C=O) groups excluding carboxylic acids is 5. The summed E-state index contributed by atoms with van der Waals surface area (Å²) in [5.74, 6) is -2.23. The Hall–Kier alpha value is -2.65. The van der Waals surface area contributed by atoms with E-state index in [1.807, 2.05) is 20.8 Å². The average molecular weight is 546 g/mol. The number of rotatable bonds is 9. The summed E-state index contributed by atoms with van der Waals surface area (Å²) in [6, 6.07) is -2.72. The van der Waals surface area contributed by atoms with Crippen LogP contribution in [0.2, 0.25) is 0 Å². The van der Waals surface area contributed by atoms with Crippen LogP contribution in [-0.2, 0) is 19.2 Å². The number of nitrogens with two attached hydrogens (primary N) is 1. The van der Waals surface area contributed by atoms with Crippen molar-refractivity contribution in [2.24, 2.45) is 34.3 Å². The second-order valence-electron chi connectivity index (χ2n) is 14.0. The first kappa shape index (κ1) is 29.3. The van der Waals surface area contributed by atoms with Crippen LogP contribution in [0, 0.1) is 28.6 Å². The van der Waals surface area contributed by atoms with Crippen molar-refractivity contribution >= 4 is 29.5 Å². The van der Waals surface area contributed by atoms with E-state index in [-0.39, 0.29) is 41.1 Å². The summed E-state index contributed by atoms with van der Waals surface area (Å²) >= 11 is 0. The van der Waals surface area contributed by atoms with Gasteiger partial charge in [-0.15, -0.1) is 0 Å². The van der Waals surface area contributed by atoms with Crippen LogP contribution in [0.4, 0.5) is 4.79 Å². The molecule has 10 heteroatoms. The minimum Gasteiger partial charge on any atom is -0.363 e. The van der Waals surface area contributed by atoms with Crippen molar-refractivity contribution in [3.8, 4) is 0 Å². The average Bonchev–Trinajstić information content (AvgIpc) is 3.72. The summed E-state index contributed by atoms with van der Waals surface area (Å²) in [4.78, 5) is 68.6. The molecule has 218 valence electrons. The Morgan fingerprint density at radius 1 is 1.00 bits per heavy atom. The van der Waals surface area contributed by atoms with Gasteiger partial charge in [0.25, 0.3) is 5.91 Å². The van der Waals surface area contributed by atoms with Crippen molar-refractivity contribution in [3.63, 3.8) is 0 Å². The molecular formula is C29H47N5O5. The number of urea groups is 1. The predicted octanol–water partition coefficient (Wildman–Crippen LogP) is 2.20. The number of fused-ring (bicyclic) bond motifs is 1. The summed E-state index contributed by atoms with van der Waals surface area (Å²) < 4.78 is 0. The Labute approximate surface area is 232 Å². The van der Waals surface area contributed by atoms with Gasteiger partial charge >= 0.3 is 6.03 Å². The van der Waals surface area contributed by atoms with Gasteiger partial charge in [0.05, 0.1) is 6.04 Å². The molecule has 0 aromatic rings. The lowest BCUT2D eigenvalue weighted by atomic mass is 9.85. The number of nitrogens with one attached hydrogen (secondary N) is 2. The molecule has 1 heterocycles. The molecule has 0 aromatic heterocycles. The number of likely N-dealkylation sites (tertiary alicyclic amines) is 1. The van der Waals surface area contributed by atoms with Gasteiger partial charge in [0.1, 0.15) is 12.1 Å². The van der Waals surface area contributed by atoms with Crippen molar-refractivity contribution in [1.82, 2.24) is 20.4 Å². The number of Topliss-reactive ketones (excluding diaryl/α,β-unsaturated/α-hetero) is 1. The number of amides is 5. The van der Waals surface area contributed by atoms with Crippen LogP contribution in [0.5, 0.6) is 0 Å². The highest BCUT2D eigenvalue weighted by molar-refractivity contribution is 6.37. The van der Waals surface area contributed by atoms with Crippen LogP contribution in [0.25, 0.3) is 0 Å². The molecule has 0 bridgehead atoms. The fraction of sp³-hybridized carbons (Fsp3) is 0.828. The van der Waals surface area contributed by atoms with Gasteiger partial charge in [0.15, 0.2) is 0 Å². The number of carbonyl (C=O) groups is 5. The number of hydrogen-bond acceptors (Lipinski definition) is 5. The zero-order valence-electron chi connectivity index (χ0n) is 24.4. The normalized spacial score (nSPS) is 27.6. The number of ketones is 1. The van der Waals surface area contributed by atoms with Crippen LogP contribution < -0.4 is 16.4 Å². The van der Waals surface area contributed by atoms with E-state index in [1.54, 1.807) is 16.8 Å². The molecule has 4 N–H and O–H groups in total. The van der Waals surface area contributed by atoms with Gasteiger partial charge in [-0.2, -0.15) is 0 Å². The standard InChI is InChI=1S/C29H47N5O5/c1-28(2,3)23(32-27(39)33(6)17-10-8-7-9-11-17)26(38)34-15-18-20(29(18,4)5)21(34)25(37)31-19(14-16-12-13-16)22(35)24(30)36/h16-21,23H,7-15H2,1-6H3,(H2,30,36)(H,31,37)(H,32,39)/t18?,19?,20-,21-,23?/m0/s1.